The molecule has 2 aromatic rings. The first kappa shape index (κ1) is 14.5. The monoisotopic (exact) mass is 298 g/mol. The maximum atomic E-state index is 13.0. The molecule has 0 aliphatic carbocycles. The van der Waals surface area contributed by atoms with Gasteiger partial charge in [0.05, 0.1) is 0 Å². The van der Waals surface area contributed by atoms with Crippen LogP contribution in [0.4, 0.5) is 8.78 Å². The van der Waals surface area contributed by atoms with Crippen molar-refractivity contribution in [1.82, 2.24) is 0 Å². The van der Waals surface area contributed by atoms with Gasteiger partial charge in [-0.05, 0) is 36.2 Å². The molecule has 0 spiro atoms. The lowest BCUT2D eigenvalue weighted by Crippen LogP contribution is -2.10. The summed E-state index contributed by atoms with van der Waals surface area (Å²) in [6.07, 6.45) is 0.782. The van der Waals surface area contributed by atoms with Crippen molar-refractivity contribution in [3.63, 3.8) is 0 Å². The zero-order chi connectivity index (χ0) is 14.8. The summed E-state index contributed by atoms with van der Waals surface area (Å²) in [4.78, 5) is -0.0422. The molecule has 20 heavy (non-hydrogen) atoms. The molecule has 106 valence electrons. The molecule has 0 amide bonds. The van der Waals surface area contributed by atoms with E-state index < -0.39 is 21.8 Å². The van der Waals surface area contributed by atoms with E-state index in [4.69, 9.17) is 4.18 Å². The lowest BCUT2D eigenvalue weighted by atomic mass is 10.2. The van der Waals surface area contributed by atoms with Crippen molar-refractivity contribution >= 4 is 10.1 Å². The highest BCUT2D eigenvalue weighted by Crippen LogP contribution is 2.21. The summed E-state index contributed by atoms with van der Waals surface area (Å²) in [5.74, 6) is -2.51. The normalized spacial score (nSPS) is 11.3. The van der Waals surface area contributed by atoms with Gasteiger partial charge in [-0.2, -0.15) is 8.42 Å². The molecule has 0 aliphatic rings. The minimum absolute atomic E-state index is 0.0422. The first-order valence-corrected chi connectivity index (χ1v) is 7.31. The van der Waals surface area contributed by atoms with E-state index >= 15 is 0 Å². The molecule has 0 unspecified atom stereocenters. The molecule has 3 nitrogen and oxygen atoms in total. The summed E-state index contributed by atoms with van der Waals surface area (Å²) >= 11 is 0. The van der Waals surface area contributed by atoms with Gasteiger partial charge in [-0.1, -0.05) is 19.1 Å². The number of halogens is 2. The van der Waals surface area contributed by atoms with Crippen LogP contribution in [0.25, 0.3) is 0 Å². The molecule has 0 aromatic heterocycles. The standard InChI is InChI=1S/C14H12F2O3S/c1-2-10-3-6-12(7-4-10)20(17,18)19-11-5-8-13(15)14(16)9-11/h3-9H,2H2,1H3. The quantitative estimate of drug-likeness (QED) is 0.813. The lowest BCUT2D eigenvalue weighted by Gasteiger charge is -2.07. The molecular formula is C14H12F2O3S. The summed E-state index contributed by atoms with van der Waals surface area (Å²) in [6, 6.07) is 8.70. The van der Waals surface area contributed by atoms with Crippen molar-refractivity contribution in [3.8, 4) is 5.75 Å². The molecule has 0 heterocycles. The number of hydrogen-bond acceptors (Lipinski definition) is 3. The first-order chi connectivity index (χ1) is 9.42. The van der Waals surface area contributed by atoms with Gasteiger partial charge in [0.25, 0.3) is 0 Å². The Labute approximate surface area is 115 Å². The van der Waals surface area contributed by atoms with Crippen molar-refractivity contribution < 1.29 is 21.4 Å². The molecule has 0 bridgehead atoms. The fourth-order valence-electron chi connectivity index (χ4n) is 1.60. The van der Waals surface area contributed by atoms with Gasteiger partial charge in [0.1, 0.15) is 10.6 Å². The summed E-state index contributed by atoms with van der Waals surface area (Å²) in [7, 11) is -4.06. The maximum Gasteiger partial charge on any atom is 0.339 e. The molecule has 0 fully saturated rings. The molecule has 2 rings (SSSR count). The van der Waals surface area contributed by atoms with Crippen molar-refractivity contribution in [2.24, 2.45) is 0 Å². The van der Waals surface area contributed by atoms with Gasteiger partial charge in [0.2, 0.25) is 0 Å². The SMILES string of the molecule is CCc1ccc(S(=O)(=O)Oc2ccc(F)c(F)c2)cc1. The Morgan fingerprint density at radius 1 is 1.00 bits per heavy atom. The summed E-state index contributed by atoms with van der Waals surface area (Å²) in [5, 5.41) is 0. The van der Waals surface area contributed by atoms with E-state index in [0.29, 0.717) is 6.07 Å². The van der Waals surface area contributed by atoms with Gasteiger partial charge in [-0.25, -0.2) is 8.78 Å². The zero-order valence-corrected chi connectivity index (χ0v) is 11.5. The Bertz CT molecular complexity index is 710. The predicted molar refractivity (Wildman–Crippen MR) is 70.0 cm³/mol. The van der Waals surface area contributed by atoms with Gasteiger partial charge in [-0.15, -0.1) is 0 Å². The van der Waals surface area contributed by atoms with E-state index in [1.165, 1.54) is 12.1 Å². The van der Waals surface area contributed by atoms with Gasteiger partial charge < -0.3 is 4.18 Å². The Balaban J connectivity index is 2.27. The van der Waals surface area contributed by atoms with Gasteiger partial charge in [-0.3, -0.25) is 0 Å². The first-order valence-electron chi connectivity index (χ1n) is 5.91. The van der Waals surface area contributed by atoms with Crippen LogP contribution in [0.5, 0.6) is 5.75 Å². The van der Waals surface area contributed by atoms with Crippen molar-refractivity contribution in [2.75, 3.05) is 0 Å². The fraction of sp³-hybridized carbons (Fsp3) is 0.143. The van der Waals surface area contributed by atoms with Crippen molar-refractivity contribution in [3.05, 3.63) is 59.7 Å². The van der Waals surface area contributed by atoms with Gasteiger partial charge in [0.15, 0.2) is 11.6 Å². The van der Waals surface area contributed by atoms with Crippen LogP contribution in [0.2, 0.25) is 0 Å². The van der Waals surface area contributed by atoms with Crippen molar-refractivity contribution in [2.45, 2.75) is 18.2 Å². The highest BCUT2D eigenvalue weighted by molar-refractivity contribution is 7.87. The summed E-state index contributed by atoms with van der Waals surface area (Å²) < 4.78 is 54.4. The molecule has 0 radical (unpaired) electrons. The Morgan fingerprint density at radius 2 is 1.65 bits per heavy atom. The van der Waals surface area contributed by atoms with Crippen LogP contribution >= 0.6 is 0 Å². The fourth-order valence-corrected chi connectivity index (χ4v) is 2.52. The number of benzene rings is 2. The number of rotatable bonds is 4. The van der Waals surface area contributed by atoms with Crippen molar-refractivity contribution in [1.29, 1.82) is 0 Å². The Hall–Kier alpha value is -1.95. The summed E-state index contributed by atoms with van der Waals surface area (Å²) in [5.41, 5.74) is 0.983. The summed E-state index contributed by atoms with van der Waals surface area (Å²) in [6.45, 7) is 1.95. The molecule has 0 saturated heterocycles. The topological polar surface area (TPSA) is 43.4 Å². The zero-order valence-electron chi connectivity index (χ0n) is 10.6. The van der Waals surface area contributed by atoms with Crippen LogP contribution in [0.1, 0.15) is 12.5 Å². The van der Waals surface area contributed by atoms with E-state index in [2.05, 4.69) is 0 Å². The van der Waals surface area contributed by atoms with Crippen LogP contribution in [-0.4, -0.2) is 8.42 Å². The van der Waals surface area contributed by atoms with Crippen LogP contribution in [0.3, 0.4) is 0 Å². The minimum Gasteiger partial charge on any atom is -0.379 e. The van der Waals surface area contributed by atoms with E-state index in [1.807, 2.05) is 6.92 Å². The van der Waals surface area contributed by atoms with E-state index in [-0.39, 0.29) is 10.6 Å². The average Bonchev–Trinajstić information content (AvgIpc) is 2.43. The highest BCUT2D eigenvalue weighted by atomic mass is 32.2. The third kappa shape index (κ3) is 3.14. The Kier molecular flexibility index (Phi) is 4.04. The molecule has 0 saturated carbocycles. The van der Waals surface area contributed by atoms with E-state index in [9.17, 15) is 17.2 Å². The van der Waals surface area contributed by atoms with Crippen LogP contribution in [-0.2, 0) is 16.5 Å². The molecule has 6 heteroatoms. The third-order valence-electron chi connectivity index (χ3n) is 2.72. The Morgan fingerprint density at radius 3 is 2.20 bits per heavy atom. The molecular weight excluding hydrogens is 286 g/mol. The molecule has 0 N–H and O–H groups in total. The van der Waals surface area contributed by atoms with E-state index in [0.717, 1.165) is 24.1 Å². The van der Waals surface area contributed by atoms with Crippen LogP contribution < -0.4 is 4.18 Å². The van der Waals surface area contributed by atoms with Crippen LogP contribution in [0, 0.1) is 11.6 Å². The number of hydrogen-bond donors (Lipinski definition) is 0. The second kappa shape index (κ2) is 5.58. The predicted octanol–water partition coefficient (Wildman–Crippen LogP) is 3.29. The van der Waals surface area contributed by atoms with Crippen LogP contribution in [0.15, 0.2) is 47.4 Å². The average molecular weight is 298 g/mol. The molecule has 0 atom stereocenters. The molecule has 0 aliphatic heterocycles. The smallest absolute Gasteiger partial charge is 0.339 e. The second-order valence-electron chi connectivity index (χ2n) is 4.11. The van der Waals surface area contributed by atoms with Gasteiger partial charge >= 0.3 is 10.1 Å². The van der Waals surface area contributed by atoms with Gasteiger partial charge in [0, 0.05) is 6.07 Å². The highest BCUT2D eigenvalue weighted by Gasteiger charge is 2.17. The van der Waals surface area contributed by atoms with E-state index in [1.54, 1.807) is 12.1 Å². The molecule has 2 aromatic carbocycles. The largest absolute Gasteiger partial charge is 0.379 e. The lowest BCUT2D eigenvalue weighted by molar-refractivity contribution is 0.472. The maximum absolute atomic E-state index is 13.0. The second-order valence-corrected chi connectivity index (χ2v) is 5.66. The number of aryl methyl sites for hydroxylation is 1. The minimum atomic E-state index is -4.06. The third-order valence-corrected chi connectivity index (χ3v) is 3.98.